The molecule has 9 nitrogen and oxygen atoms in total. The molecular weight excluding hydrogens is 551 g/mol. The van der Waals surface area contributed by atoms with Gasteiger partial charge in [-0.05, 0) is 73.1 Å². The minimum absolute atomic E-state index is 0.00952. The molecule has 3 aromatic rings. The third-order valence-corrected chi connectivity index (χ3v) is 6.50. The summed E-state index contributed by atoms with van der Waals surface area (Å²) in [6.07, 6.45) is -3.49. The molecule has 1 fully saturated rings. The summed E-state index contributed by atoms with van der Waals surface area (Å²) in [6, 6.07) is 13.3. The van der Waals surface area contributed by atoms with E-state index in [1.165, 1.54) is 24.3 Å². The number of imide groups is 1. The Kier molecular flexibility index (Phi) is 7.96. The predicted octanol–water partition coefficient (Wildman–Crippen LogP) is 6.70. The van der Waals surface area contributed by atoms with Crippen molar-refractivity contribution in [1.82, 2.24) is 4.90 Å². The number of nitro benzene ring substituents is 1. The monoisotopic (exact) mass is 571 g/mol. The van der Waals surface area contributed by atoms with Gasteiger partial charge in [0.05, 0.1) is 15.4 Å². The largest absolute Gasteiger partial charge is 0.449 e. The number of nitrogens with zero attached hydrogens (tertiary/aromatic N) is 2. The number of carbonyl (C=O) groups excluding carboxylic acids is 3. The molecular formula is C27H20F3N3O6S. The second kappa shape index (κ2) is 11.2. The first-order valence-electron chi connectivity index (χ1n) is 11.6. The Hall–Kier alpha value is -4.65. The molecule has 4 rings (SSSR count). The van der Waals surface area contributed by atoms with E-state index in [1.807, 2.05) is 19.9 Å². The number of rotatable bonds is 7. The molecule has 0 atom stereocenters. The van der Waals surface area contributed by atoms with Crippen molar-refractivity contribution in [2.24, 2.45) is 0 Å². The lowest BCUT2D eigenvalue weighted by Gasteiger charge is -2.13. The van der Waals surface area contributed by atoms with Gasteiger partial charge in [-0.3, -0.25) is 29.4 Å². The highest BCUT2D eigenvalue weighted by molar-refractivity contribution is 8.18. The average Bonchev–Trinajstić information content (AvgIpc) is 3.11. The number of amides is 3. The van der Waals surface area contributed by atoms with E-state index in [1.54, 1.807) is 18.2 Å². The van der Waals surface area contributed by atoms with E-state index < -0.39 is 51.7 Å². The van der Waals surface area contributed by atoms with Crippen molar-refractivity contribution in [2.75, 3.05) is 11.9 Å². The van der Waals surface area contributed by atoms with Gasteiger partial charge in [-0.25, -0.2) is 0 Å². The van der Waals surface area contributed by atoms with Crippen molar-refractivity contribution in [2.45, 2.75) is 20.0 Å². The fourth-order valence-corrected chi connectivity index (χ4v) is 4.73. The molecule has 3 amide bonds. The van der Waals surface area contributed by atoms with Crippen LogP contribution < -0.4 is 10.1 Å². The molecule has 0 bridgehead atoms. The maximum atomic E-state index is 13.0. The van der Waals surface area contributed by atoms with Crippen LogP contribution in [0, 0.1) is 24.0 Å². The zero-order valence-electron chi connectivity index (χ0n) is 20.9. The zero-order chi connectivity index (χ0) is 29.2. The second-order valence-electron chi connectivity index (χ2n) is 8.77. The summed E-state index contributed by atoms with van der Waals surface area (Å²) in [6.45, 7) is 3.20. The Morgan fingerprint density at radius 1 is 1.05 bits per heavy atom. The smallest absolute Gasteiger partial charge is 0.416 e. The maximum absolute atomic E-state index is 13.0. The highest BCUT2D eigenvalue weighted by Gasteiger charge is 2.37. The molecule has 0 aromatic heterocycles. The quantitative estimate of drug-likeness (QED) is 0.190. The minimum atomic E-state index is -4.79. The molecule has 1 aliphatic heterocycles. The van der Waals surface area contributed by atoms with Gasteiger partial charge in [-0.1, -0.05) is 24.3 Å². The third-order valence-electron chi connectivity index (χ3n) is 5.59. The first-order valence-corrected chi connectivity index (χ1v) is 12.4. The Morgan fingerprint density at radius 2 is 1.73 bits per heavy atom. The molecule has 13 heteroatoms. The molecule has 0 unspecified atom stereocenters. The van der Waals surface area contributed by atoms with E-state index in [-0.39, 0.29) is 16.2 Å². The van der Waals surface area contributed by atoms with Crippen LogP contribution in [0.25, 0.3) is 6.08 Å². The highest BCUT2D eigenvalue weighted by Crippen LogP contribution is 2.40. The van der Waals surface area contributed by atoms with Crippen LogP contribution in [0.4, 0.5) is 29.3 Å². The van der Waals surface area contributed by atoms with Gasteiger partial charge in [-0.15, -0.1) is 0 Å². The maximum Gasteiger partial charge on any atom is 0.416 e. The van der Waals surface area contributed by atoms with Crippen molar-refractivity contribution >= 4 is 46.3 Å². The number of thioether (sulfide) groups is 1. The normalized spacial score (nSPS) is 14.5. The van der Waals surface area contributed by atoms with Crippen LogP contribution >= 0.6 is 11.8 Å². The minimum Gasteiger partial charge on any atom is -0.449 e. The Labute approximate surface area is 229 Å². The van der Waals surface area contributed by atoms with Crippen LogP contribution in [-0.4, -0.2) is 33.4 Å². The van der Waals surface area contributed by atoms with E-state index in [4.69, 9.17) is 4.74 Å². The Bertz CT molecular complexity index is 1550. The van der Waals surface area contributed by atoms with Crippen molar-refractivity contribution in [3.05, 3.63) is 97.9 Å². The lowest BCUT2D eigenvalue weighted by molar-refractivity contribution is -0.385. The number of anilines is 1. The number of benzene rings is 3. The molecule has 0 radical (unpaired) electrons. The van der Waals surface area contributed by atoms with Crippen molar-refractivity contribution in [3.8, 4) is 11.5 Å². The fourth-order valence-electron chi connectivity index (χ4n) is 3.90. The van der Waals surface area contributed by atoms with Gasteiger partial charge in [0.25, 0.3) is 11.1 Å². The molecule has 1 heterocycles. The van der Waals surface area contributed by atoms with Gasteiger partial charge in [0.2, 0.25) is 11.7 Å². The first-order chi connectivity index (χ1) is 18.8. The van der Waals surface area contributed by atoms with Crippen LogP contribution in [0.2, 0.25) is 0 Å². The van der Waals surface area contributed by atoms with Gasteiger partial charge in [0, 0.05) is 17.3 Å². The molecule has 1 aliphatic rings. The third kappa shape index (κ3) is 6.49. The van der Waals surface area contributed by atoms with Crippen LogP contribution in [0.5, 0.6) is 11.5 Å². The Morgan fingerprint density at radius 3 is 2.38 bits per heavy atom. The van der Waals surface area contributed by atoms with E-state index in [9.17, 15) is 37.7 Å². The molecule has 1 saturated heterocycles. The second-order valence-corrected chi connectivity index (χ2v) is 9.76. The average molecular weight is 572 g/mol. The molecule has 0 spiro atoms. The lowest BCUT2D eigenvalue weighted by Crippen LogP contribution is -2.36. The van der Waals surface area contributed by atoms with Gasteiger partial charge < -0.3 is 10.1 Å². The van der Waals surface area contributed by atoms with Crippen LogP contribution in [0.15, 0.2) is 65.6 Å². The number of para-hydroxylation sites is 1. The molecule has 3 aromatic carbocycles. The van der Waals surface area contributed by atoms with Crippen molar-refractivity contribution in [1.29, 1.82) is 0 Å². The fraction of sp³-hybridized carbons (Fsp3) is 0.148. The van der Waals surface area contributed by atoms with Gasteiger partial charge in [0.15, 0.2) is 0 Å². The highest BCUT2D eigenvalue weighted by atomic mass is 32.2. The van der Waals surface area contributed by atoms with Crippen LogP contribution in [0.1, 0.15) is 22.3 Å². The van der Waals surface area contributed by atoms with Gasteiger partial charge >= 0.3 is 11.9 Å². The summed E-state index contributed by atoms with van der Waals surface area (Å²) >= 11 is 0.587. The predicted molar refractivity (Wildman–Crippen MR) is 142 cm³/mol. The number of halogens is 3. The summed E-state index contributed by atoms with van der Waals surface area (Å²) in [5.74, 6) is -1.77. The topological polar surface area (TPSA) is 119 Å². The van der Waals surface area contributed by atoms with Crippen molar-refractivity contribution in [3.63, 3.8) is 0 Å². The van der Waals surface area contributed by atoms with Crippen LogP contribution in [-0.2, 0) is 15.8 Å². The summed E-state index contributed by atoms with van der Waals surface area (Å²) in [7, 11) is 0. The van der Waals surface area contributed by atoms with Crippen LogP contribution in [0.3, 0.4) is 0 Å². The number of nitrogens with one attached hydrogen (secondary N) is 1. The molecule has 0 aliphatic carbocycles. The summed E-state index contributed by atoms with van der Waals surface area (Å²) in [4.78, 5) is 49.2. The van der Waals surface area contributed by atoms with Gasteiger partial charge in [0.1, 0.15) is 12.3 Å². The van der Waals surface area contributed by atoms with Crippen molar-refractivity contribution < 1.29 is 37.2 Å². The van der Waals surface area contributed by atoms with E-state index >= 15 is 0 Å². The number of aryl methyl sites for hydroxylation is 2. The van der Waals surface area contributed by atoms with Gasteiger partial charge in [-0.2, -0.15) is 13.2 Å². The number of hydrogen-bond acceptors (Lipinski definition) is 7. The number of ether oxygens (including phenoxy) is 1. The molecule has 206 valence electrons. The number of nitro groups is 1. The molecule has 0 saturated carbocycles. The molecule has 40 heavy (non-hydrogen) atoms. The van der Waals surface area contributed by atoms with E-state index in [0.717, 1.165) is 22.1 Å². The lowest BCUT2D eigenvalue weighted by atomic mass is 10.1. The number of carbonyl (C=O) groups is 3. The first kappa shape index (κ1) is 28.4. The Balaban J connectivity index is 1.55. The standard InChI is InChI=1S/C27H20F3N3O6S/c1-15-9-16(2)11-19(10-15)31-24(34)14-32-25(35)23(40-26(32)36)12-17-5-3-4-6-21(17)39-22-8-7-18(27(28,29)30)13-20(22)33(37)38/h3-13H,14H2,1-2H3,(H,31,34)/b23-12+. The summed E-state index contributed by atoms with van der Waals surface area (Å²) in [5, 5.41) is 13.4. The number of hydrogen-bond donors (Lipinski definition) is 1. The molecule has 1 N–H and O–H groups in total. The summed E-state index contributed by atoms with van der Waals surface area (Å²) in [5.41, 5.74) is 0.476. The SMILES string of the molecule is Cc1cc(C)cc(NC(=O)CN2C(=O)S/C(=C/c3ccccc3Oc3ccc(C(F)(F)F)cc3[N+](=O)[O-])C2=O)c1. The summed E-state index contributed by atoms with van der Waals surface area (Å²) < 4.78 is 44.7. The zero-order valence-corrected chi connectivity index (χ0v) is 21.8. The van der Waals surface area contributed by atoms with E-state index in [0.29, 0.717) is 29.6 Å². The van der Waals surface area contributed by atoms with E-state index in [2.05, 4.69) is 5.32 Å². The number of alkyl halides is 3.